The molecular formula is C9H11NO4S. The van der Waals surface area contributed by atoms with E-state index in [2.05, 4.69) is 4.98 Å². The van der Waals surface area contributed by atoms with E-state index in [1.165, 1.54) is 6.07 Å². The number of pyridine rings is 1. The van der Waals surface area contributed by atoms with Crippen LogP contribution in [0, 0.1) is 0 Å². The first-order chi connectivity index (χ1) is 6.88. The largest absolute Gasteiger partial charge is 0.477 e. The van der Waals surface area contributed by atoms with Gasteiger partial charge in [0.05, 0.1) is 5.75 Å². The standard InChI is InChI=1S/C9H11NO4S/c1-15(13,14)6-5-7-3-2-4-8(10-7)9(11)12/h2-4H,5-6H2,1H3,(H,11,12). The van der Waals surface area contributed by atoms with Crippen molar-refractivity contribution in [1.82, 2.24) is 4.98 Å². The van der Waals surface area contributed by atoms with E-state index in [-0.39, 0.29) is 17.9 Å². The Morgan fingerprint density at radius 2 is 2.13 bits per heavy atom. The smallest absolute Gasteiger partial charge is 0.354 e. The molecule has 0 saturated heterocycles. The van der Waals surface area contributed by atoms with Gasteiger partial charge in [-0.05, 0) is 12.1 Å². The summed E-state index contributed by atoms with van der Waals surface area (Å²) in [7, 11) is -3.04. The molecule has 0 saturated carbocycles. The Hall–Kier alpha value is -1.43. The Kier molecular flexibility index (Phi) is 3.41. The van der Waals surface area contributed by atoms with Crippen LogP contribution >= 0.6 is 0 Å². The minimum atomic E-state index is -3.04. The molecule has 1 N–H and O–H groups in total. The topological polar surface area (TPSA) is 84.3 Å². The first-order valence-electron chi connectivity index (χ1n) is 4.25. The normalized spacial score (nSPS) is 11.3. The molecule has 0 aliphatic heterocycles. The summed E-state index contributed by atoms with van der Waals surface area (Å²) in [6.45, 7) is 0. The van der Waals surface area contributed by atoms with E-state index in [1.807, 2.05) is 0 Å². The van der Waals surface area contributed by atoms with Gasteiger partial charge in [-0.2, -0.15) is 0 Å². The van der Waals surface area contributed by atoms with Gasteiger partial charge in [0.15, 0.2) is 0 Å². The summed E-state index contributed by atoms with van der Waals surface area (Å²) in [5.41, 5.74) is 0.404. The van der Waals surface area contributed by atoms with Crippen LogP contribution in [0.4, 0.5) is 0 Å². The van der Waals surface area contributed by atoms with Crippen molar-refractivity contribution in [2.75, 3.05) is 12.0 Å². The zero-order valence-electron chi connectivity index (χ0n) is 8.17. The maximum Gasteiger partial charge on any atom is 0.354 e. The summed E-state index contributed by atoms with van der Waals surface area (Å²) in [5, 5.41) is 8.66. The van der Waals surface area contributed by atoms with Gasteiger partial charge in [-0.15, -0.1) is 0 Å². The number of nitrogens with zero attached hydrogens (tertiary/aromatic N) is 1. The van der Waals surface area contributed by atoms with Crippen LogP contribution in [0.3, 0.4) is 0 Å². The first-order valence-corrected chi connectivity index (χ1v) is 6.31. The second-order valence-corrected chi connectivity index (χ2v) is 5.46. The molecule has 0 aliphatic carbocycles. The number of carboxylic acid groups (broad SMARTS) is 1. The molecule has 1 aromatic rings. The van der Waals surface area contributed by atoms with Crippen molar-refractivity contribution in [1.29, 1.82) is 0 Å². The molecule has 0 radical (unpaired) electrons. The number of carboxylic acids is 1. The van der Waals surface area contributed by atoms with Gasteiger partial charge >= 0.3 is 5.97 Å². The fourth-order valence-corrected chi connectivity index (χ4v) is 1.61. The first kappa shape index (κ1) is 11.6. The van der Waals surface area contributed by atoms with Gasteiger partial charge in [-0.1, -0.05) is 6.07 Å². The van der Waals surface area contributed by atoms with Gasteiger partial charge in [-0.3, -0.25) is 0 Å². The fourth-order valence-electron chi connectivity index (χ4n) is 1.03. The Bertz CT molecular complexity index is 467. The summed E-state index contributed by atoms with van der Waals surface area (Å²) < 4.78 is 21.8. The molecule has 0 aliphatic rings. The molecule has 0 fully saturated rings. The predicted octanol–water partition coefficient (Wildman–Crippen LogP) is 0.367. The Morgan fingerprint density at radius 1 is 1.47 bits per heavy atom. The van der Waals surface area contributed by atoms with Crippen molar-refractivity contribution >= 4 is 15.8 Å². The lowest BCUT2D eigenvalue weighted by Gasteiger charge is -2.00. The molecule has 0 spiro atoms. The minimum Gasteiger partial charge on any atom is -0.477 e. The van der Waals surface area contributed by atoms with Crippen molar-refractivity contribution < 1.29 is 18.3 Å². The lowest BCUT2D eigenvalue weighted by atomic mass is 10.2. The molecule has 15 heavy (non-hydrogen) atoms. The quantitative estimate of drug-likeness (QED) is 0.806. The summed E-state index contributed by atoms with van der Waals surface area (Å²) >= 11 is 0. The third-order valence-corrected chi connectivity index (χ3v) is 2.70. The number of hydrogen-bond acceptors (Lipinski definition) is 4. The van der Waals surface area contributed by atoms with E-state index < -0.39 is 15.8 Å². The van der Waals surface area contributed by atoms with Crippen LogP contribution in [-0.2, 0) is 16.3 Å². The van der Waals surface area contributed by atoms with Crippen LogP contribution < -0.4 is 0 Å². The fraction of sp³-hybridized carbons (Fsp3) is 0.333. The Labute approximate surface area is 87.7 Å². The lowest BCUT2D eigenvalue weighted by Crippen LogP contribution is -2.09. The second-order valence-electron chi connectivity index (χ2n) is 3.20. The number of aromatic nitrogens is 1. The van der Waals surface area contributed by atoms with Gasteiger partial charge in [0.25, 0.3) is 0 Å². The molecule has 82 valence electrons. The maximum atomic E-state index is 10.9. The molecule has 0 amide bonds. The monoisotopic (exact) mass is 229 g/mol. The average molecular weight is 229 g/mol. The third kappa shape index (κ3) is 4.07. The van der Waals surface area contributed by atoms with Crippen molar-refractivity contribution in [3.05, 3.63) is 29.6 Å². The predicted molar refractivity (Wildman–Crippen MR) is 54.6 cm³/mol. The molecule has 6 heteroatoms. The van der Waals surface area contributed by atoms with Crippen LogP contribution in [0.2, 0.25) is 0 Å². The summed E-state index contributed by atoms with van der Waals surface area (Å²) in [6, 6.07) is 4.53. The molecule has 0 bridgehead atoms. The zero-order chi connectivity index (χ0) is 11.5. The SMILES string of the molecule is CS(=O)(=O)CCc1cccc(C(=O)O)n1. The molecule has 1 aromatic heterocycles. The van der Waals surface area contributed by atoms with Crippen molar-refractivity contribution in [3.63, 3.8) is 0 Å². The maximum absolute atomic E-state index is 10.9. The van der Waals surface area contributed by atoms with E-state index in [0.29, 0.717) is 5.69 Å². The van der Waals surface area contributed by atoms with E-state index >= 15 is 0 Å². The van der Waals surface area contributed by atoms with E-state index in [9.17, 15) is 13.2 Å². The van der Waals surface area contributed by atoms with Crippen LogP contribution in [-0.4, -0.2) is 36.5 Å². The van der Waals surface area contributed by atoms with Crippen LogP contribution in [0.15, 0.2) is 18.2 Å². The highest BCUT2D eigenvalue weighted by Gasteiger charge is 2.07. The Morgan fingerprint density at radius 3 is 2.67 bits per heavy atom. The number of sulfone groups is 1. The molecule has 0 atom stereocenters. The molecule has 0 unspecified atom stereocenters. The highest BCUT2D eigenvalue weighted by Crippen LogP contribution is 2.01. The van der Waals surface area contributed by atoms with Gasteiger partial charge in [0, 0.05) is 18.4 Å². The molecule has 1 rings (SSSR count). The minimum absolute atomic E-state index is 0.0247. The molecule has 5 nitrogen and oxygen atoms in total. The number of aryl methyl sites for hydroxylation is 1. The van der Waals surface area contributed by atoms with E-state index in [0.717, 1.165) is 6.26 Å². The number of aromatic carboxylic acids is 1. The zero-order valence-corrected chi connectivity index (χ0v) is 8.99. The molecular weight excluding hydrogens is 218 g/mol. The van der Waals surface area contributed by atoms with Gasteiger partial charge in [0.1, 0.15) is 15.5 Å². The van der Waals surface area contributed by atoms with Crippen molar-refractivity contribution in [2.45, 2.75) is 6.42 Å². The van der Waals surface area contributed by atoms with Crippen LogP contribution in [0.1, 0.15) is 16.2 Å². The Balaban J connectivity index is 2.79. The van der Waals surface area contributed by atoms with Crippen molar-refractivity contribution in [3.8, 4) is 0 Å². The van der Waals surface area contributed by atoms with Gasteiger partial charge in [0.2, 0.25) is 0 Å². The van der Waals surface area contributed by atoms with Gasteiger partial charge in [-0.25, -0.2) is 18.2 Å². The van der Waals surface area contributed by atoms with Crippen molar-refractivity contribution in [2.24, 2.45) is 0 Å². The summed E-state index contributed by atoms with van der Waals surface area (Å²) in [4.78, 5) is 14.4. The average Bonchev–Trinajstić information content (AvgIpc) is 2.14. The van der Waals surface area contributed by atoms with Gasteiger partial charge < -0.3 is 5.11 Å². The molecule has 1 heterocycles. The summed E-state index contributed by atoms with van der Waals surface area (Å²) in [6.07, 6.45) is 1.37. The highest BCUT2D eigenvalue weighted by atomic mass is 32.2. The lowest BCUT2D eigenvalue weighted by molar-refractivity contribution is 0.0690. The molecule has 0 aromatic carbocycles. The van der Waals surface area contributed by atoms with E-state index in [1.54, 1.807) is 12.1 Å². The summed E-state index contributed by atoms with van der Waals surface area (Å²) in [5.74, 6) is -1.14. The number of rotatable bonds is 4. The second kappa shape index (κ2) is 4.39. The third-order valence-electron chi connectivity index (χ3n) is 1.75. The van der Waals surface area contributed by atoms with E-state index in [4.69, 9.17) is 5.11 Å². The number of carbonyl (C=O) groups is 1. The van der Waals surface area contributed by atoms with Crippen LogP contribution in [0.25, 0.3) is 0 Å². The van der Waals surface area contributed by atoms with Crippen LogP contribution in [0.5, 0.6) is 0 Å². The number of hydrogen-bond donors (Lipinski definition) is 1. The highest BCUT2D eigenvalue weighted by molar-refractivity contribution is 7.90.